The van der Waals surface area contributed by atoms with Crippen molar-refractivity contribution < 1.29 is 4.79 Å². The van der Waals surface area contributed by atoms with E-state index in [1.807, 2.05) is 0 Å². The summed E-state index contributed by atoms with van der Waals surface area (Å²) in [4.78, 5) is 57.8. The highest BCUT2D eigenvalue weighted by molar-refractivity contribution is 5.90. The third-order valence-electron chi connectivity index (χ3n) is 6.86. The molecule has 37 heavy (non-hydrogen) atoms. The van der Waals surface area contributed by atoms with E-state index in [-0.39, 0.29) is 17.7 Å². The van der Waals surface area contributed by atoms with Crippen molar-refractivity contribution in [2.45, 2.75) is 19.5 Å². The van der Waals surface area contributed by atoms with Gasteiger partial charge in [0.15, 0.2) is 11.2 Å². The molecular weight excluding hydrogens is 476 g/mol. The van der Waals surface area contributed by atoms with Crippen LogP contribution in [0.15, 0.2) is 46.5 Å². The first-order valence-corrected chi connectivity index (χ1v) is 11.8. The van der Waals surface area contributed by atoms with Gasteiger partial charge in [0.25, 0.3) is 5.56 Å². The van der Waals surface area contributed by atoms with Gasteiger partial charge in [-0.25, -0.2) is 29.3 Å². The summed E-state index contributed by atoms with van der Waals surface area (Å²) in [5.74, 6) is 2.18. The van der Waals surface area contributed by atoms with Crippen molar-refractivity contribution >= 4 is 28.8 Å². The lowest BCUT2D eigenvalue weighted by Gasteiger charge is -2.17. The van der Waals surface area contributed by atoms with Crippen LogP contribution in [0.4, 0.5) is 11.8 Å². The number of pyridine rings is 1. The van der Waals surface area contributed by atoms with E-state index in [1.165, 1.54) is 28.9 Å². The van der Waals surface area contributed by atoms with Crippen LogP contribution in [0, 0.1) is 23.2 Å². The lowest BCUT2D eigenvalue weighted by molar-refractivity contribution is -0.116. The summed E-state index contributed by atoms with van der Waals surface area (Å²) in [6, 6.07) is 7.03. The maximum atomic E-state index is 12.8. The predicted octanol–water partition coefficient (Wildman–Crippen LogP) is 0.367. The molecule has 13 nitrogen and oxygen atoms in total. The first-order valence-electron chi connectivity index (χ1n) is 11.8. The molecule has 2 fully saturated rings. The maximum absolute atomic E-state index is 12.8. The number of piperidine rings is 1. The molecule has 186 valence electrons. The van der Waals surface area contributed by atoms with Crippen molar-refractivity contribution in [1.29, 1.82) is 5.26 Å². The normalized spacial score (nSPS) is 18.0. The molecule has 4 aromatic rings. The first-order chi connectivity index (χ1) is 17.9. The largest absolute Gasteiger partial charge is 0.340 e. The van der Waals surface area contributed by atoms with Crippen LogP contribution in [-0.4, -0.2) is 52.6 Å². The monoisotopic (exact) mass is 498 g/mol. The van der Waals surface area contributed by atoms with Gasteiger partial charge in [-0.2, -0.15) is 5.26 Å². The average Bonchev–Trinajstić information content (AvgIpc) is 3.29. The van der Waals surface area contributed by atoms with E-state index < -0.39 is 23.7 Å². The van der Waals surface area contributed by atoms with Gasteiger partial charge in [0, 0.05) is 38.1 Å². The molecular formula is C24H22N10O3. The minimum Gasteiger partial charge on any atom is -0.340 e. The van der Waals surface area contributed by atoms with Gasteiger partial charge < -0.3 is 14.8 Å². The van der Waals surface area contributed by atoms with Crippen LogP contribution in [0.5, 0.6) is 0 Å². The number of nitrogens with zero attached hydrogens (tertiary/aromatic N) is 9. The van der Waals surface area contributed by atoms with Gasteiger partial charge in [0.1, 0.15) is 18.9 Å². The van der Waals surface area contributed by atoms with Crippen molar-refractivity contribution in [1.82, 2.24) is 33.6 Å². The van der Waals surface area contributed by atoms with E-state index in [0.29, 0.717) is 11.5 Å². The number of nitrogens with one attached hydrogen (secondary N) is 1. The van der Waals surface area contributed by atoms with E-state index in [4.69, 9.17) is 5.26 Å². The van der Waals surface area contributed by atoms with Crippen LogP contribution in [-0.2, 0) is 24.9 Å². The number of hydrogen-bond acceptors (Lipinski definition) is 9. The predicted molar refractivity (Wildman–Crippen MR) is 133 cm³/mol. The Morgan fingerprint density at radius 1 is 1.16 bits per heavy atom. The Balaban J connectivity index is 1.19. The molecule has 4 aromatic heterocycles. The lowest BCUT2D eigenvalue weighted by atomic mass is 10.2. The number of hydrogen-bond donors (Lipinski definition) is 1. The number of amides is 1. The Morgan fingerprint density at radius 3 is 2.65 bits per heavy atom. The number of aryl methyl sites for hydroxylation is 1. The molecule has 0 aromatic carbocycles. The summed E-state index contributed by atoms with van der Waals surface area (Å²) >= 11 is 0. The molecule has 0 bridgehead atoms. The summed E-state index contributed by atoms with van der Waals surface area (Å²) in [5, 5.41) is 11.7. The summed E-state index contributed by atoms with van der Waals surface area (Å²) in [6.45, 7) is 1.38. The van der Waals surface area contributed by atoms with E-state index in [9.17, 15) is 14.4 Å². The molecule has 1 saturated carbocycles. The van der Waals surface area contributed by atoms with Crippen molar-refractivity contribution in [2.24, 2.45) is 18.9 Å². The van der Waals surface area contributed by atoms with Crippen LogP contribution in [0.2, 0.25) is 0 Å². The van der Waals surface area contributed by atoms with Gasteiger partial charge in [-0.3, -0.25) is 14.2 Å². The molecule has 2 atom stereocenters. The molecule has 2 aliphatic rings. The van der Waals surface area contributed by atoms with Gasteiger partial charge in [-0.1, -0.05) is 6.07 Å². The second-order valence-electron chi connectivity index (χ2n) is 9.32. The fourth-order valence-corrected chi connectivity index (χ4v) is 4.83. The highest BCUT2D eigenvalue weighted by Gasteiger charge is 2.45. The third-order valence-corrected chi connectivity index (χ3v) is 6.86. The average molecular weight is 499 g/mol. The Morgan fingerprint density at radius 2 is 1.92 bits per heavy atom. The molecule has 1 aliphatic heterocycles. The van der Waals surface area contributed by atoms with Gasteiger partial charge in [-0.15, -0.1) is 0 Å². The van der Waals surface area contributed by atoms with E-state index in [0.717, 1.165) is 41.0 Å². The third kappa shape index (κ3) is 4.02. The van der Waals surface area contributed by atoms with Gasteiger partial charge in [-0.05, 0) is 30.4 Å². The number of fused-ring (bicyclic) bond motifs is 2. The Labute approximate surface area is 209 Å². The minimum absolute atomic E-state index is 0.0572. The van der Waals surface area contributed by atoms with Gasteiger partial charge >= 0.3 is 5.69 Å². The Kier molecular flexibility index (Phi) is 5.29. The zero-order valence-electron chi connectivity index (χ0n) is 19.9. The fraction of sp³-hybridized carbons (Fsp3) is 0.333. The van der Waals surface area contributed by atoms with Gasteiger partial charge in [0.05, 0.1) is 18.1 Å². The minimum atomic E-state index is -0.681. The van der Waals surface area contributed by atoms with Crippen molar-refractivity contribution in [3.8, 4) is 17.3 Å². The quantitative estimate of drug-likeness (QED) is 0.396. The maximum Gasteiger partial charge on any atom is 0.333 e. The molecule has 1 N–H and O–H groups in total. The van der Waals surface area contributed by atoms with Gasteiger partial charge in [0.2, 0.25) is 11.9 Å². The van der Waals surface area contributed by atoms with E-state index in [1.54, 1.807) is 36.7 Å². The summed E-state index contributed by atoms with van der Waals surface area (Å²) in [7, 11) is 1.45. The molecule has 0 radical (unpaired) electrons. The number of rotatable bonds is 6. The zero-order chi connectivity index (χ0) is 25.7. The summed E-state index contributed by atoms with van der Waals surface area (Å²) < 4.78 is 3.33. The van der Waals surface area contributed by atoms with E-state index in [2.05, 4.69) is 30.2 Å². The van der Waals surface area contributed by atoms with Crippen LogP contribution in [0.25, 0.3) is 22.4 Å². The number of nitriles is 1. The summed E-state index contributed by atoms with van der Waals surface area (Å²) in [6.07, 6.45) is 6.09. The van der Waals surface area contributed by atoms with Crippen molar-refractivity contribution in [3.63, 3.8) is 0 Å². The van der Waals surface area contributed by atoms with Crippen LogP contribution in [0.1, 0.15) is 6.42 Å². The molecule has 1 aliphatic carbocycles. The number of imidazole rings is 1. The number of carbonyl (C=O) groups is 1. The topological polar surface area (TPSA) is 157 Å². The SMILES string of the molecule is Cn1c(=O)n(CC#N)c(=O)c2c1ncn2CC(=O)Nc1cccc(-c2cnc(N3CC4CC4C3)nc2)n1. The van der Waals surface area contributed by atoms with Crippen LogP contribution in [0.3, 0.4) is 0 Å². The molecule has 0 spiro atoms. The van der Waals surface area contributed by atoms with Crippen molar-refractivity contribution in [2.75, 3.05) is 23.3 Å². The Bertz CT molecular complexity index is 1690. The van der Waals surface area contributed by atoms with Crippen LogP contribution < -0.4 is 21.5 Å². The Hall–Kier alpha value is -4.86. The molecule has 6 rings (SSSR count). The lowest BCUT2D eigenvalue weighted by Crippen LogP contribution is -2.39. The smallest absolute Gasteiger partial charge is 0.333 e. The van der Waals surface area contributed by atoms with Crippen molar-refractivity contribution in [3.05, 3.63) is 57.8 Å². The second-order valence-corrected chi connectivity index (χ2v) is 9.32. The zero-order valence-corrected chi connectivity index (χ0v) is 19.9. The second kappa shape index (κ2) is 8.66. The number of carbonyl (C=O) groups excluding carboxylic acids is 1. The summed E-state index contributed by atoms with van der Waals surface area (Å²) in [5.41, 5.74) is 0.191. The molecule has 13 heteroatoms. The molecule has 1 amide bonds. The fourth-order valence-electron chi connectivity index (χ4n) is 4.83. The molecule has 5 heterocycles. The van der Waals surface area contributed by atoms with E-state index >= 15 is 0 Å². The standard InChI is InChI=1S/C24H22N10O3/c1-31-21-20(22(36)34(6-5-25)24(31)37)33(13-28-21)12-19(35)30-18-4-2-3-17(29-18)16-8-26-23(27-9-16)32-10-14-7-15(14)11-32/h2-4,8-9,13-15H,6-7,10-12H2,1H3,(H,29,30,35). The highest BCUT2D eigenvalue weighted by atomic mass is 16.2. The number of anilines is 2. The molecule has 2 unspecified atom stereocenters. The highest BCUT2D eigenvalue weighted by Crippen LogP contribution is 2.45. The number of aromatic nitrogens is 7. The van der Waals surface area contributed by atoms with Crippen LogP contribution >= 0.6 is 0 Å². The first kappa shape index (κ1) is 22.6. The molecule has 1 saturated heterocycles.